The van der Waals surface area contributed by atoms with Gasteiger partial charge < -0.3 is 4.74 Å². The molecule has 3 heteroatoms. The number of hydrogen-bond donors (Lipinski definition) is 0. The first kappa shape index (κ1) is 12.2. The van der Waals surface area contributed by atoms with E-state index < -0.39 is 0 Å². The number of hydrogen-bond acceptors (Lipinski definition) is 1. The summed E-state index contributed by atoms with van der Waals surface area (Å²) in [6.07, 6.45) is 1.99. The molecule has 0 spiro atoms. The third-order valence-electron chi connectivity index (χ3n) is 3.23. The summed E-state index contributed by atoms with van der Waals surface area (Å²) in [6.45, 7) is 2.02. The number of halogens is 2. The number of benzene rings is 2. The molecule has 0 aromatic heterocycles. The zero-order valence-electron chi connectivity index (χ0n) is 10.4. The van der Waals surface area contributed by atoms with E-state index in [1.54, 1.807) is 18.2 Å². The Hall–Kier alpha value is -1.80. The van der Waals surface area contributed by atoms with E-state index in [4.69, 9.17) is 16.3 Å². The highest BCUT2D eigenvalue weighted by Gasteiger charge is 2.22. The van der Waals surface area contributed by atoms with Crippen molar-refractivity contribution in [1.29, 1.82) is 0 Å². The lowest BCUT2D eigenvalue weighted by Gasteiger charge is -2.23. The van der Waals surface area contributed by atoms with Gasteiger partial charge in [0.1, 0.15) is 5.76 Å². The van der Waals surface area contributed by atoms with Crippen LogP contribution >= 0.6 is 11.6 Å². The highest BCUT2D eigenvalue weighted by Crippen LogP contribution is 2.38. The minimum atomic E-state index is -0.330. The van der Waals surface area contributed by atoms with E-state index in [0.717, 1.165) is 11.1 Å². The first-order chi connectivity index (χ1) is 9.15. The maximum Gasteiger partial charge on any atom is 0.166 e. The molecular formula is C16H12ClFO. The molecule has 2 aromatic carbocycles. The summed E-state index contributed by atoms with van der Waals surface area (Å²) in [4.78, 5) is 0. The molecule has 0 aliphatic carbocycles. The maximum absolute atomic E-state index is 13.8. The van der Waals surface area contributed by atoms with E-state index in [2.05, 4.69) is 0 Å². The van der Waals surface area contributed by atoms with Gasteiger partial charge in [-0.25, -0.2) is 4.39 Å². The fraction of sp³-hybridized carbons (Fsp3) is 0.125. The molecule has 1 heterocycles. The highest BCUT2D eigenvalue weighted by molar-refractivity contribution is 6.30. The van der Waals surface area contributed by atoms with Crippen LogP contribution in [0.3, 0.4) is 0 Å². The van der Waals surface area contributed by atoms with Crippen molar-refractivity contribution < 1.29 is 9.13 Å². The Bertz CT molecular complexity index is 646. The minimum Gasteiger partial charge on any atom is -0.454 e. The number of fused-ring (bicyclic) bond motifs is 1. The van der Waals surface area contributed by atoms with Crippen LogP contribution in [0.4, 0.5) is 4.39 Å². The monoisotopic (exact) mass is 274 g/mol. The van der Waals surface area contributed by atoms with E-state index >= 15 is 0 Å². The zero-order valence-corrected chi connectivity index (χ0v) is 11.1. The third kappa shape index (κ3) is 2.24. The van der Waals surface area contributed by atoms with Crippen LogP contribution in [0.1, 0.15) is 24.0 Å². The lowest BCUT2D eigenvalue weighted by atomic mass is 9.95. The Morgan fingerprint density at radius 3 is 2.58 bits per heavy atom. The molecule has 1 aliphatic heterocycles. The van der Waals surface area contributed by atoms with Crippen molar-refractivity contribution in [2.75, 3.05) is 0 Å². The van der Waals surface area contributed by atoms with Gasteiger partial charge in [0.2, 0.25) is 0 Å². The van der Waals surface area contributed by atoms with Crippen LogP contribution in [0.25, 0.3) is 5.76 Å². The highest BCUT2D eigenvalue weighted by atomic mass is 35.5. The molecule has 1 nitrogen and oxygen atoms in total. The van der Waals surface area contributed by atoms with Crippen molar-refractivity contribution in [3.63, 3.8) is 0 Å². The van der Waals surface area contributed by atoms with E-state index in [-0.39, 0.29) is 11.7 Å². The molecule has 0 saturated heterocycles. The van der Waals surface area contributed by atoms with Crippen LogP contribution in [-0.2, 0) is 0 Å². The topological polar surface area (TPSA) is 9.23 Å². The first-order valence-corrected chi connectivity index (χ1v) is 6.47. The summed E-state index contributed by atoms with van der Waals surface area (Å²) in [5.74, 6) is 0.776. The summed E-state index contributed by atoms with van der Waals surface area (Å²) in [5.41, 5.74) is 1.77. The number of ether oxygens (including phenoxy) is 1. The molecule has 0 fully saturated rings. The third-order valence-corrected chi connectivity index (χ3v) is 3.48. The van der Waals surface area contributed by atoms with Crippen molar-refractivity contribution in [2.45, 2.75) is 12.8 Å². The molecule has 0 N–H and O–H groups in total. The number of para-hydroxylation sites is 1. The van der Waals surface area contributed by atoms with Crippen molar-refractivity contribution >= 4 is 17.4 Å². The van der Waals surface area contributed by atoms with Crippen LogP contribution in [0, 0.1) is 5.82 Å². The lowest BCUT2D eigenvalue weighted by Crippen LogP contribution is -2.08. The van der Waals surface area contributed by atoms with Crippen molar-refractivity contribution in [3.8, 4) is 5.75 Å². The summed E-state index contributed by atoms with van der Waals surface area (Å²) >= 11 is 5.87. The molecule has 0 amide bonds. The van der Waals surface area contributed by atoms with Crippen molar-refractivity contribution in [3.05, 3.63) is 70.5 Å². The molecule has 0 radical (unpaired) electrons. The van der Waals surface area contributed by atoms with Gasteiger partial charge in [-0.1, -0.05) is 30.7 Å². The van der Waals surface area contributed by atoms with Gasteiger partial charge in [-0.15, -0.1) is 0 Å². The van der Waals surface area contributed by atoms with Crippen molar-refractivity contribution in [1.82, 2.24) is 0 Å². The average Bonchev–Trinajstić information content (AvgIpc) is 2.41. The van der Waals surface area contributed by atoms with Crippen LogP contribution < -0.4 is 4.74 Å². The second-order valence-electron chi connectivity index (χ2n) is 4.59. The van der Waals surface area contributed by atoms with Crippen LogP contribution in [0.15, 0.2) is 48.5 Å². The second kappa shape index (κ2) is 4.71. The largest absolute Gasteiger partial charge is 0.454 e. The average molecular weight is 275 g/mol. The Kier molecular flexibility index (Phi) is 3.03. The number of allylic oxidation sites excluding steroid dienone is 1. The predicted molar refractivity (Wildman–Crippen MR) is 74.9 cm³/mol. The standard InChI is InChI=1S/C16H12ClFO/c1-10-9-15(11-5-7-12(17)8-6-11)19-16-13(10)3-2-4-14(16)18/h2-10H,1H3. The maximum atomic E-state index is 13.8. The van der Waals surface area contributed by atoms with Gasteiger partial charge in [0.25, 0.3) is 0 Å². The summed E-state index contributed by atoms with van der Waals surface area (Å²) in [6, 6.07) is 12.3. The van der Waals surface area contributed by atoms with Gasteiger partial charge in [-0.05, 0) is 36.4 Å². The van der Waals surface area contributed by atoms with E-state index in [1.165, 1.54) is 6.07 Å². The van der Waals surface area contributed by atoms with Gasteiger partial charge >= 0.3 is 0 Å². The molecule has 96 valence electrons. The molecule has 1 unspecified atom stereocenters. The van der Waals surface area contributed by atoms with E-state index in [0.29, 0.717) is 16.5 Å². The molecule has 19 heavy (non-hydrogen) atoms. The Morgan fingerprint density at radius 1 is 1.11 bits per heavy atom. The Balaban J connectivity index is 2.03. The smallest absolute Gasteiger partial charge is 0.166 e. The first-order valence-electron chi connectivity index (χ1n) is 6.09. The second-order valence-corrected chi connectivity index (χ2v) is 5.02. The molecule has 0 bridgehead atoms. The van der Waals surface area contributed by atoms with Crippen LogP contribution in [0.5, 0.6) is 5.75 Å². The summed E-state index contributed by atoms with van der Waals surface area (Å²) in [7, 11) is 0. The zero-order chi connectivity index (χ0) is 13.4. The molecule has 3 rings (SSSR count). The molecule has 1 aliphatic rings. The number of rotatable bonds is 1. The van der Waals surface area contributed by atoms with Gasteiger partial charge in [0.15, 0.2) is 11.6 Å². The van der Waals surface area contributed by atoms with Crippen molar-refractivity contribution in [2.24, 2.45) is 0 Å². The Labute approximate surface area is 116 Å². The van der Waals surface area contributed by atoms with E-state index in [1.807, 2.05) is 31.2 Å². The predicted octanol–water partition coefficient (Wildman–Crippen LogP) is 5.02. The summed E-state index contributed by atoms with van der Waals surface area (Å²) < 4.78 is 19.5. The van der Waals surface area contributed by atoms with Gasteiger partial charge in [-0.3, -0.25) is 0 Å². The van der Waals surface area contributed by atoms with Gasteiger partial charge in [-0.2, -0.15) is 0 Å². The van der Waals surface area contributed by atoms with Gasteiger partial charge in [0.05, 0.1) is 0 Å². The molecule has 1 atom stereocenters. The van der Waals surface area contributed by atoms with Crippen LogP contribution in [0.2, 0.25) is 5.02 Å². The van der Waals surface area contributed by atoms with Gasteiger partial charge in [0, 0.05) is 22.1 Å². The quantitative estimate of drug-likeness (QED) is 0.710. The lowest BCUT2D eigenvalue weighted by molar-refractivity contribution is 0.446. The molecular weight excluding hydrogens is 263 g/mol. The van der Waals surface area contributed by atoms with E-state index in [9.17, 15) is 4.39 Å². The molecule has 0 saturated carbocycles. The molecule has 2 aromatic rings. The van der Waals surface area contributed by atoms with Crippen LogP contribution in [-0.4, -0.2) is 0 Å². The SMILES string of the molecule is CC1C=C(c2ccc(Cl)cc2)Oc2c(F)cccc21. The minimum absolute atomic E-state index is 0.116. The fourth-order valence-corrected chi connectivity index (χ4v) is 2.35. The summed E-state index contributed by atoms with van der Waals surface area (Å²) in [5, 5.41) is 0.666. The Morgan fingerprint density at radius 2 is 1.84 bits per heavy atom. The normalized spacial score (nSPS) is 17.4. The fourth-order valence-electron chi connectivity index (χ4n) is 2.22.